The van der Waals surface area contributed by atoms with E-state index in [4.69, 9.17) is 0 Å². The van der Waals surface area contributed by atoms with Crippen LogP contribution in [0, 0.1) is 0 Å². The van der Waals surface area contributed by atoms with Crippen molar-refractivity contribution in [1.29, 1.82) is 0 Å². The van der Waals surface area contributed by atoms with Gasteiger partial charge in [-0.25, -0.2) is 8.42 Å². The summed E-state index contributed by atoms with van der Waals surface area (Å²) in [7, 11) is -3.46. The van der Waals surface area contributed by atoms with Gasteiger partial charge in [0, 0.05) is 36.2 Å². The molecular formula is C12H22N4O2S2. The lowest BCUT2D eigenvalue weighted by atomic mass is 10.3. The summed E-state index contributed by atoms with van der Waals surface area (Å²) in [6.07, 6.45) is 2.61. The molecule has 2 heterocycles. The molecule has 1 unspecified atom stereocenters. The van der Waals surface area contributed by atoms with E-state index in [0.717, 1.165) is 18.7 Å². The Balaban J connectivity index is 2.15. The molecule has 1 aromatic rings. The molecule has 1 aliphatic heterocycles. The van der Waals surface area contributed by atoms with Crippen LogP contribution in [0.25, 0.3) is 0 Å². The lowest BCUT2D eigenvalue weighted by molar-refractivity contribution is 0.421. The van der Waals surface area contributed by atoms with Crippen molar-refractivity contribution in [3.63, 3.8) is 0 Å². The number of hydrogen-bond donors (Lipinski definition) is 2. The van der Waals surface area contributed by atoms with Gasteiger partial charge in [0.25, 0.3) is 10.0 Å². The highest BCUT2D eigenvalue weighted by Crippen LogP contribution is 2.24. The van der Waals surface area contributed by atoms with Gasteiger partial charge >= 0.3 is 0 Å². The van der Waals surface area contributed by atoms with E-state index in [2.05, 4.69) is 29.4 Å². The van der Waals surface area contributed by atoms with Crippen LogP contribution in [0.2, 0.25) is 0 Å². The number of aromatic nitrogens is 2. The number of thioether (sulfide) groups is 1. The highest BCUT2D eigenvalue weighted by molar-refractivity contribution is 8.00. The maximum Gasteiger partial charge on any atom is 0.260 e. The van der Waals surface area contributed by atoms with E-state index in [9.17, 15) is 8.42 Å². The Morgan fingerprint density at radius 3 is 3.10 bits per heavy atom. The summed E-state index contributed by atoms with van der Waals surface area (Å²) >= 11 is 1.81. The molecule has 2 rings (SSSR count). The molecule has 1 aromatic heterocycles. The van der Waals surface area contributed by atoms with Gasteiger partial charge in [-0.1, -0.05) is 13.8 Å². The third-order valence-electron chi connectivity index (χ3n) is 3.22. The first kappa shape index (κ1) is 15.8. The quantitative estimate of drug-likeness (QED) is 0.766. The molecule has 8 heteroatoms. The number of rotatable bonds is 6. The molecular weight excluding hydrogens is 296 g/mol. The fraction of sp³-hybridized carbons (Fsp3) is 0.750. The Morgan fingerprint density at radius 2 is 2.40 bits per heavy atom. The van der Waals surface area contributed by atoms with Crippen LogP contribution in [0.15, 0.2) is 11.2 Å². The highest BCUT2D eigenvalue weighted by atomic mass is 32.2. The third kappa shape index (κ3) is 3.55. The zero-order valence-electron chi connectivity index (χ0n) is 11.9. The van der Waals surface area contributed by atoms with Crippen molar-refractivity contribution < 1.29 is 8.42 Å². The monoisotopic (exact) mass is 318 g/mol. The average molecular weight is 318 g/mol. The topological polar surface area (TPSA) is 78.1 Å². The Kier molecular flexibility index (Phi) is 5.48. The van der Waals surface area contributed by atoms with E-state index in [1.807, 2.05) is 11.8 Å². The number of nitrogens with one attached hydrogen (secondary N) is 2. The molecule has 1 fully saturated rings. The maximum absolute atomic E-state index is 12.7. The largest absolute Gasteiger partial charge is 0.313 e. The minimum absolute atomic E-state index is 0.236. The van der Waals surface area contributed by atoms with Crippen LogP contribution in [-0.2, 0) is 16.6 Å². The molecule has 0 bridgehead atoms. The molecule has 0 spiro atoms. The second-order valence-electron chi connectivity index (χ2n) is 4.95. The van der Waals surface area contributed by atoms with Crippen molar-refractivity contribution in [3.8, 4) is 0 Å². The summed E-state index contributed by atoms with van der Waals surface area (Å²) < 4.78 is 26.9. The minimum atomic E-state index is -3.46. The first-order chi connectivity index (χ1) is 9.55. The second kappa shape index (κ2) is 6.93. The van der Waals surface area contributed by atoms with E-state index in [-0.39, 0.29) is 5.03 Å². The molecule has 1 aliphatic rings. The number of H-pyrrole nitrogens is 1. The van der Waals surface area contributed by atoms with Gasteiger partial charge in [0.05, 0.1) is 6.20 Å². The summed E-state index contributed by atoms with van der Waals surface area (Å²) in [5, 5.41) is 10.4. The predicted molar refractivity (Wildman–Crippen MR) is 81.3 cm³/mol. The smallest absolute Gasteiger partial charge is 0.260 e. The molecule has 114 valence electrons. The number of aromatic amines is 1. The molecule has 0 radical (unpaired) electrons. The molecule has 0 aromatic carbocycles. The first-order valence-corrected chi connectivity index (χ1v) is 9.39. The second-order valence-corrected chi connectivity index (χ2v) is 8.37. The van der Waals surface area contributed by atoms with Crippen molar-refractivity contribution >= 4 is 21.8 Å². The summed E-state index contributed by atoms with van der Waals surface area (Å²) in [5.74, 6) is 0.845. The predicted octanol–water partition coefficient (Wildman–Crippen LogP) is 1.04. The highest BCUT2D eigenvalue weighted by Gasteiger charge is 2.31. The van der Waals surface area contributed by atoms with Gasteiger partial charge in [0.1, 0.15) is 0 Å². The minimum Gasteiger partial charge on any atom is -0.313 e. The van der Waals surface area contributed by atoms with Gasteiger partial charge in [0.15, 0.2) is 5.03 Å². The third-order valence-corrected chi connectivity index (χ3v) is 6.24. The average Bonchev–Trinajstić information content (AvgIpc) is 2.88. The molecule has 1 saturated heterocycles. The number of nitrogens with zero attached hydrogens (tertiary/aromatic N) is 2. The van der Waals surface area contributed by atoms with Crippen LogP contribution >= 0.6 is 11.8 Å². The summed E-state index contributed by atoms with van der Waals surface area (Å²) in [6.45, 7) is 6.65. The number of hydrogen-bond acceptors (Lipinski definition) is 5. The fourth-order valence-electron chi connectivity index (χ4n) is 2.18. The number of sulfonamides is 1. The van der Waals surface area contributed by atoms with Gasteiger partial charge in [-0.15, -0.1) is 0 Å². The molecule has 0 saturated carbocycles. The van der Waals surface area contributed by atoms with E-state index >= 15 is 0 Å². The van der Waals surface area contributed by atoms with Crippen molar-refractivity contribution in [3.05, 3.63) is 11.8 Å². The van der Waals surface area contributed by atoms with Crippen LogP contribution < -0.4 is 5.32 Å². The van der Waals surface area contributed by atoms with Crippen LogP contribution in [0.3, 0.4) is 0 Å². The Bertz CT molecular complexity index is 529. The molecule has 1 atom stereocenters. The van der Waals surface area contributed by atoms with Crippen LogP contribution in [0.1, 0.15) is 25.8 Å². The van der Waals surface area contributed by atoms with Crippen molar-refractivity contribution in [2.75, 3.05) is 25.4 Å². The fourth-order valence-corrected chi connectivity index (χ4v) is 5.04. The summed E-state index contributed by atoms with van der Waals surface area (Å²) in [6, 6.07) is 0. The van der Waals surface area contributed by atoms with Crippen molar-refractivity contribution in [2.45, 2.75) is 37.1 Å². The lowest BCUT2D eigenvalue weighted by Gasteiger charge is -2.29. The normalized spacial score (nSPS) is 21.2. The van der Waals surface area contributed by atoms with Gasteiger partial charge in [-0.3, -0.25) is 5.10 Å². The van der Waals surface area contributed by atoms with E-state index in [1.165, 1.54) is 0 Å². The van der Waals surface area contributed by atoms with Crippen molar-refractivity contribution in [2.24, 2.45) is 0 Å². The zero-order chi connectivity index (χ0) is 14.6. The van der Waals surface area contributed by atoms with Crippen molar-refractivity contribution in [1.82, 2.24) is 19.8 Å². The molecule has 20 heavy (non-hydrogen) atoms. The SMILES string of the molecule is CCCNCc1cn[nH]c1S(=O)(=O)N1CCSC(C)C1. The van der Waals surface area contributed by atoms with Gasteiger partial charge in [0.2, 0.25) is 0 Å². The maximum atomic E-state index is 12.7. The Labute approximate surface area is 124 Å². The summed E-state index contributed by atoms with van der Waals surface area (Å²) in [5.41, 5.74) is 0.712. The Hall–Kier alpha value is -0.570. The van der Waals surface area contributed by atoms with Gasteiger partial charge in [-0.05, 0) is 13.0 Å². The standard InChI is InChI=1S/C12H22N4O2S2/c1-3-4-13-7-11-8-14-15-12(11)20(17,18)16-5-6-19-10(2)9-16/h8,10,13H,3-7,9H2,1-2H3,(H,14,15). The lowest BCUT2D eigenvalue weighted by Crippen LogP contribution is -2.41. The molecule has 0 aliphatic carbocycles. The van der Waals surface area contributed by atoms with Crippen LogP contribution in [0.4, 0.5) is 0 Å². The van der Waals surface area contributed by atoms with E-state index in [1.54, 1.807) is 10.5 Å². The first-order valence-electron chi connectivity index (χ1n) is 6.90. The van der Waals surface area contributed by atoms with E-state index in [0.29, 0.717) is 30.4 Å². The molecule has 0 amide bonds. The van der Waals surface area contributed by atoms with Crippen LogP contribution in [0.5, 0.6) is 0 Å². The Morgan fingerprint density at radius 1 is 1.60 bits per heavy atom. The van der Waals surface area contributed by atoms with E-state index < -0.39 is 10.0 Å². The summed E-state index contributed by atoms with van der Waals surface area (Å²) in [4.78, 5) is 0. The van der Waals surface area contributed by atoms with Gasteiger partial charge < -0.3 is 5.32 Å². The zero-order valence-corrected chi connectivity index (χ0v) is 13.6. The molecule has 2 N–H and O–H groups in total. The van der Waals surface area contributed by atoms with Gasteiger partial charge in [-0.2, -0.15) is 21.2 Å². The molecule has 6 nitrogen and oxygen atoms in total. The van der Waals surface area contributed by atoms with Crippen LogP contribution in [-0.4, -0.2) is 53.6 Å².